The Kier molecular flexibility index (Phi) is 5.28. The molecule has 1 aliphatic rings. The van der Waals surface area contributed by atoms with E-state index in [1.54, 1.807) is 11.3 Å². The number of thioether (sulfide) groups is 1. The van der Waals surface area contributed by atoms with E-state index in [1.807, 2.05) is 0 Å². The lowest BCUT2D eigenvalue weighted by Gasteiger charge is -2.23. The molecule has 0 amide bonds. The molecule has 17 heavy (non-hydrogen) atoms. The van der Waals surface area contributed by atoms with Crippen LogP contribution < -0.4 is 10.6 Å². The van der Waals surface area contributed by atoms with Crippen LogP contribution in [-0.4, -0.2) is 35.6 Å². The van der Waals surface area contributed by atoms with Gasteiger partial charge in [-0.3, -0.25) is 0 Å². The highest BCUT2D eigenvalue weighted by Crippen LogP contribution is 2.17. The molecule has 2 atom stereocenters. The van der Waals surface area contributed by atoms with Gasteiger partial charge in [-0.1, -0.05) is 0 Å². The Hall–Kier alpha value is -0.100. The summed E-state index contributed by atoms with van der Waals surface area (Å²) in [5.74, 6) is 2.52. The first-order valence-corrected chi connectivity index (χ1v) is 8.25. The van der Waals surface area contributed by atoms with Crippen LogP contribution in [0.15, 0.2) is 5.38 Å². The average molecular weight is 271 g/mol. The molecule has 96 valence electrons. The molecule has 0 saturated carbocycles. The van der Waals surface area contributed by atoms with Crippen LogP contribution in [0.4, 0.5) is 0 Å². The van der Waals surface area contributed by atoms with Gasteiger partial charge >= 0.3 is 0 Å². The van der Waals surface area contributed by atoms with E-state index in [-0.39, 0.29) is 0 Å². The first-order valence-electron chi connectivity index (χ1n) is 6.22. The second-order valence-corrected chi connectivity index (χ2v) is 6.56. The van der Waals surface area contributed by atoms with Gasteiger partial charge in [-0.15, -0.1) is 11.3 Å². The van der Waals surface area contributed by atoms with Gasteiger partial charge in [0.05, 0.1) is 6.04 Å². The van der Waals surface area contributed by atoms with Gasteiger partial charge in [-0.05, 0) is 26.8 Å². The molecule has 1 saturated heterocycles. The largest absolute Gasteiger partial charge is 0.312 e. The van der Waals surface area contributed by atoms with Crippen LogP contribution >= 0.6 is 23.1 Å². The summed E-state index contributed by atoms with van der Waals surface area (Å²) in [5, 5.41) is 10.4. The molecule has 0 aromatic carbocycles. The molecular weight excluding hydrogens is 250 g/mol. The fourth-order valence-corrected chi connectivity index (χ4v) is 3.76. The van der Waals surface area contributed by atoms with Crippen molar-refractivity contribution in [2.75, 3.05) is 24.6 Å². The van der Waals surface area contributed by atoms with Gasteiger partial charge in [0.2, 0.25) is 0 Å². The topological polar surface area (TPSA) is 37.0 Å². The number of aromatic nitrogens is 1. The lowest BCUT2D eigenvalue weighted by molar-refractivity contribution is 0.478. The third-order valence-electron chi connectivity index (χ3n) is 2.95. The summed E-state index contributed by atoms with van der Waals surface area (Å²) in [5.41, 5.74) is 1.13. The molecule has 0 aliphatic carbocycles. The molecule has 2 heterocycles. The highest BCUT2D eigenvalue weighted by Gasteiger charge is 2.13. The van der Waals surface area contributed by atoms with Crippen molar-refractivity contribution in [1.82, 2.24) is 15.6 Å². The minimum absolute atomic E-state index is 0.380. The van der Waals surface area contributed by atoms with Crippen LogP contribution in [0.5, 0.6) is 0 Å². The van der Waals surface area contributed by atoms with E-state index in [2.05, 4.69) is 46.6 Å². The monoisotopic (exact) mass is 271 g/mol. The Balaban J connectivity index is 1.67. The zero-order valence-corrected chi connectivity index (χ0v) is 12.2. The molecule has 0 radical (unpaired) electrons. The average Bonchev–Trinajstić information content (AvgIpc) is 2.77. The molecule has 2 rings (SSSR count). The van der Waals surface area contributed by atoms with Crippen LogP contribution in [0.2, 0.25) is 0 Å². The number of rotatable bonds is 5. The molecule has 1 aliphatic heterocycles. The first kappa shape index (κ1) is 13.3. The maximum absolute atomic E-state index is 4.51. The summed E-state index contributed by atoms with van der Waals surface area (Å²) >= 11 is 3.81. The van der Waals surface area contributed by atoms with Gasteiger partial charge in [-0.2, -0.15) is 11.8 Å². The van der Waals surface area contributed by atoms with Crippen molar-refractivity contribution in [1.29, 1.82) is 0 Å². The van der Waals surface area contributed by atoms with E-state index in [0.29, 0.717) is 12.1 Å². The van der Waals surface area contributed by atoms with Crippen LogP contribution in [0, 0.1) is 6.92 Å². The SMILES string of the molecule is Cc1csc(C(C)NCCC2CSCCN2)n1. The highest BCUT2D eigenvalue weighted by molar-refractivity contribution is 7.99. The first-order chi connectivity index (χ1) is 8.25. The Morgan fingerprint density at radius 1 is 1.65 bits per heavy atom. The number of nitrogens with zero attached hydrogens (tertiary/aromatic N) is 1. The van der Waals surface area contributed by atoms with E-state index in [0.717, 1.165) is 18.8 Å². The quantitative estimate of drug-likeness (QED) is 0.861. The molecule has 0 bridgehead atoms. The van der Waals surface area contributed by atoms with E-state index in [4.69, 9.17) is 0 Å². The van der Waals surface area contributed by atoms with Crippen molar-refractivity contribution in [3.8, 4) is 0 Å². The van der Waals surface area contributed by atoms with Crippen molar-refractivity contribution in [2.45, 2.75) is 32.4 Å². The molecular formula is C12H21N3S2. The third-order valence-corrected chi connectivity index (χ3v) is 5.23. The van der Waals surface area contributed by atoms with Crippen molar-refractivity contribution in [2.24, 2.45) is 0 Å². The van der Waals surface area contributed by atoms with Crippen LogP contribution in [0.3, 0.4) is 0 Å². The van der Waals surface area contributed by atoms with Gasteiger partial charge in [0.1, 0.15) is 5.01 Å². The standard InChI is InChI=1S/C12H21N3S2/c1-9-7-17-12(15-9)10(2)13-4-3-11-8-16-6-5-14-11/h7,10-11,13-14H,3-6,8H2,1-2H3. The minimum atomic E-state index is 0.380. The molecule has 1 fully saturated rings. The smallest absolute Gasteiger partial charge is 0.110 e. The second-order valence-electron chi connectivity index (χ2n) is 4.52. The molecule has 0 spiro atoms. The number of hydrogen-bond acceptors (Lipinski definition) is 5. The van der Waals surface area contributed by atoms with Crippen molar-refractivity contribution in [3.63, 3.8) is 0 Å². The van der Waals surface area contributed by atoms with E-state index in [9.17, 15) is 0 Å². The minimum Gasteiger partial charge on any atom is -0.312 e. The summed E-state index contributed by atoms with van der Waals surface area (Å²) in [6.45, 7) is 6.48. The van der Waals surface area contributed by atoms with Crippen molar-refractivity contribution >= 4 is 23.1 Å². The van der Waals surface area contributed by atoms with Crippen molar-refractivity contribution in [3.05, 3.63) is 16.1 Å². The zero-order valence-electron chi connectivity index (χ0n) is 10.5. The highest BCUT2D eigenvalue weighted by atomic mass is 32.2. The predicted octanol–water partition coefficient (Wildman–Crippen LogP) is 2.20. The molecule has 2 unspecified atom stereocenters. The predicted molar refractivity (Wildman–Crippen MR) is 77.0 cm³/mol. The Morgan fingerprint density at radius 2 is 2.53 bits per heavy atom. The van der Waals surface area contributed by atoms with E-state index >= 15 is 0 Å². The molecule has 1 aromatic rings. The summed E-state index contributed by atoms with van der Waals surface area (Å²) < 4.78 is 0. The maximum atomic E-state index is 4.51. The van der Waals surface area contributed by atoms with Crippen LogP contribution in [-0.2, 0) is 0 Å². The number of aryl methyl sites for hydroxylation is 1. The molecule has 2 N–H and O–H groups in total. The normalized spacial score (nSPS) is 22.6. The molecule has 3 nitrogen and oxygen atoms in total. The Bertz CT molecular complexity index is 334. The van der Waals surface area contributed by atoms with Crippen LogP contribution in [0.25, 0.3) is 0 Å². The van der Waals surface area contributed by atoms with Gasteiger partial charge in [0.25, 0.3) is 0 Å². The lowest BCUT2D eigenvalue weighted by atomic mass is 10.2. The second kappa shape index (κ2) is 6.73. The number of hydrogen-bond donors (Lipinski definition) is 2. The third kappa shape index (κ3) is 4.25. The fourth-order valence-electron chi connectivity index (χ4n) is 1.94. The summed E-state index contributed by atoms with van der Waals surface area (Å²) in [7, 11) is 0. The Labute approximate surface area is 112 Å². The number of thiazole rings is 1. The summed E-state index contributed by atoms with van der Waals surface area (Å²) in [6.07, 6.45) is 1.21. The fraction of sp³-hybridized carbons (Fsp3) is 0.750. The molecule has 1 aromatic heterocycles. The van der Waals surface area contributed by atoms with E-state index < -0.39 is 0 Å². The van der Waals surface area contributed by atoms with Gasteiger partial charge in [0.15, 0.2) is 0 Å². The Morgan fingerprint density at radius 3 is 3.18 bits per heavy atom. The lowest BCUT2D eigenvalue weighted by Crippen LogP contribution is -2.39. The number of nitrogens with one attached hydrogen (secondary N) is 2. The summed E-state index contributed by atoms with van der Waals surface area (Å²) in [4.78, 5) is 4.51. The summed E-state index contributed by atoms with van der Waals surface area (Å²) in [6, 6.07) is 1.07. The van der Waals surface area contributed by atoms with Gasteiger partial charge in [0, 0.05) is 35.2 Å². The maximum Gasteiger partial charge on any atom is 0.110 e. The van der Waals surface area contributed by atoms with Crippen molar-refractivity contribution < 1.29 is 0 Å². The van der Waals surface area contributed by atoms with Gasteiger partial charge in [-0.25, -0.2) is 4.98 Å². The zero-order chi connectivity index (χ0) is 12.1. The van der Waals surface area contributed by atoms with Crippen LogP contribution in [0.1, 0.15) is 30.1 Å². The van der Waals surface area contributed by atoms with E-state index in [1.165, 1.54) is 22.9 Å². The van der Waals surface area contributed by atoms with Gasteiger partial charge < -0.3 is 10.6 Å². The molecule has 5 heteroatoms.